The Hall–Kier alpha value is -2.37. The van der Waals surface area contributed by atoms with Crippen molar-refractivity contribution in [3.8, 4) is 0 Å². The number of anilines is 1. The van der Waals surface area contributed by atoms with Gasteiger partial charge in [0.2, 0.25) is 5.91 Å². The number of rotatable bonds is 2. The first-order valence-corrected chi connectivity index (χ1v) is 8.84. The SMILES string of the molecule is O=C(C1=CCC1)N1CC[C@H]2CCN(c3ncnc4[nH]ccc34)[C@@H]2C1. The number of hydrogen-bond acceptors (Lipinski definition) is 4. The van der Waals surface area contributed by atoms with Crippen molar-refractivity contribution in [3.63, 3.8) is 0 Å². The quantitative estimate of drug-likeness (QED) is 0.919. The molecule has 5 rings (SSSR count). The standard InChI is InChI=1S/C18H21N5O/c24-18(13-2-1-3-13)22-8-5-12-6-9-23(15(12)10-22)17-14-4-7-19-16(14)20-11-21-17/h2,4,7,11-12,15H,1,3,5-6,8-10H2,(H,19,20,21)/t12-,15+/m0/s1. The van der Waals surface area contributed by atoms with Gasteiger partial charge in [-0.15, -0.1) is 0 Å². The molecule has 2 fully saturated rings. The lowest BCUT2D eigenvalue weighted by Crippen LogP contribution is -2.51. The van der Waals surface area contributed by atoms with Gasteiger partial charge in [-0.25, -0.2) is 9.97 Å². The Morgan fingerprint density at radius 2 is 2.12 bits per heavy atom. The zero-order valence-corrected chi connectivity index (χ0v) is 13.6. The third-order valence-electron chi connectivity index (χ3n) is 5.83. The molecule has 6 heteroatoms. The van der Waals surface area contributed by atoms with Crippen LogP contribution in [0.5, 0.6) is 0 Å². The van der Waals surface area contributed by atoms with E-state index in [9.17, 15) is 4.79 Å². The molecule has 0 radical (unpaired) electrons. The van der Waals surface area contributed by atoms with Crippen molar-refractivity contribution in [1.82, 2.24) is 19.9 Å². The second kappa shape index (κ2) is 5.33. The number of likely N-dealkylation sites (tertiary alicyclic amines) is 1. The molecule has 2 atom stereocenters. The second-order valence-corrected chi connectivity index (χ2v) is 7.05. The first kappa shape index (κ1) is 14.0. The van der Waals surface area contributed by atoms with Crippen molar-refractivity contribution >= 4 is 22.8 Å². The zero-order chi connectivity index (χ0) is 16.1. The van der Waals surface area contributed by atoms with Crippen LogP contribution < -0.4 is 4.90 Å². The number of carbonyl (C=O) groups is 1. The van der Waals surface area contributed by atoms with Crippen molar-refractivity contribution in [1.29, 1.82) is 0 Å². The Morgan fingerprint density at radius 1 is 1.25 bits per heavy atom. The number of aromatic amines is 1. The molecule has 0 aromatic carbocycles. The number of allylic oxidation sites excluding steroid dienone is 1. The molecule has 6 nitrogen and oxygen atoms in total. The monoisotopic (exact) mass is 323 g/mol. The van der Waals surface area contributed by atoms with E-state index < -0.39 is 0 Å². The van der Waals surface area contributed by atoms with Crippen LogP contribution in [0.1, 0.15) is 25.7 Å². The van der Waals surface area contributed by atoms with E-state index in [2.05, 4.69) is 30.8 Å². The first-order chi connectivity index (χ1) is 11.8. The lowest BCUT2D eigenvalue weighted by molar-refractivity contribution is -0.129. The van der Waals surface area contributed by atoms with E-state index in [0.717, 1.165) is 61.3 Å². The predicted molar refractivity (Wildman–Crippen MR) is 91.6 cm³/mol. The maximum atomic E-state index is 12.6. The first-order valence-electron chi connectivity index (χ1n) is 8.84. The summed E-state index contributed by atoms with van der Waals surface area (Å²) in [5.41, 5.74) is 1.89. The van der Waals surface area contributed by atoms with Gasteiger partial charge in [-0.05, 0) is 37.7 Å². The smallest absolute Gasteiger partial charge is 0.249 e. The largest absolute Gasteiger partial charge is 0.351 e. The number of nitrogens with zero attached hydrogens (tertiary/aromatic N) is 4. The van der Waals surface area contributed by atoms with E-state index in [4.69, 9.17) is 0 Å². The number of nitrogens with one attached hydrogen (secondary N) is 1. The van der Waals surface area contributed by atoms with Crippen LogP contribution in [0.4, 0.5) is 5.82 Å². The molecule has 0 unspecified atom stereocenters. The number of fused-ring (bicyclic) bond motifs is 2. The predicted octanol–water partition coefficient (Wildman–Crippen LogP) is 2.11. The summed E-state index contributed by atoms with van der Waals surface area (Å²) >= 11 is 0. The van der Waals surface area contributed by atoms with Gasteiger partial charge in [-0.1, -0.05) is 6.08 Å². The highest BCUT2D eigenvalue weighted by Gasteiger charge is 2.41. The van der Waals surface area contributed by atoms with Crippen LogP contribution in [0.2, 0.25) is 0 Å². The molecule has 0 bridgehead atoms. The maximum absolute atomic E-state index is 12.6. The summed E-state index contributed by atoms with van der Waals surface area (Å²) in [6.07, 6.45) is 9.91. The van der Waals surface area contributed by atoms with Gasteiger partial charge in [0.1, 0.15) is 17.8 Å². The van der Waals surface area contributed by atoms with Gasteiger partial charge in [0, 0.05) is 31.4 Å². The van der Waals surface area contributed by atoms with Crippen molar-refractivity contribution in [3.05, 3.63) is 30.2 Å². The van der Waals surface area contributed by atoms with Crippen LogP contribution in [0.25, 0.3) is 11.0 Å². The highest BCUT2D eigenvalue weighted by Crippen LogP contribution is 2.37. The van der Waals surface area contributed by atoms with Crippen LogP contribution in [0, 0.1) is 5.92 Å². The van der Waals surface area contributed by atoms with Crippen molar-refractivity contribution in [2.75, 3.05) is 24.5 Å². The van der Waals surface area contributed by atoms with Gasteiger partial charge in [0.05, 0.1) is 11.4 Å². The van der Waals surface area contributed by atoms with Gasteiger partial charge < -0.3 is 14.8 Å². The summed E-state index contributed by atoms with van der Waals surface area (Å²) in [7, 11) is 0. The van der Waals surface area contributed by atoms with Gasteiger partial charge in [-0.3, -0.25) is 4.79 Å². The molecule has 1 aliphatic carbocycles. The molecule has 24 heavy (non-hydrogen) atoms. The van der Waals surface area contributed by atoms with Crippen LogP contribution in [-0.2, 0) is 4.79 Å². The summed E-state index contributed by atoms with van der Waals surface area (Å²) in [6, 6.07) is 2.42. The average Bonchev–Trinajstić information content (AvgIpc) is 3.19. The third kappa shape index (κ3) is 2.05. The highest BCUT2D eigenvalue weighted by atomic mass is 16.2. The Morgan fingerprint density at radius 3 is 2.96 bits per heavy atom. The lowest BCUT2D eigenvalue weighted by Gasteiger charge is -2.39. The minimum atomic E-state index is 0.251. The van der Waals surface area contributed by atoms with E-state index in [-0.39, 0.29) is 5.91 Å². The molecule has 3 aliphatic rings. The topological polar surface area (TPSA) is 65.1 Å². The van der Waals surface area contributed by atoms with E-state index in [1.807, 2.05) is 12.3 Å². The Labute approximate surface area is 140 Å². The molecule has 2 aliphatic heterocycles. The van der Waals surface area contributed by atoms with Crippen molar-refractivity contribution in [2.45, 2.75) is 31.7 Å². The Kier molecular flexibility index (Phi) is 3.11. The minimum absolute atomic E-state index is 0.251. The van der Waals surface area contributed by atoms with E-state index in [0.29, 0.717) is 12.0 Å². The number of piperidine rings is 1. The number of amides is 1. The van der Waals surface area contributed by atoms with E-state index in [1.54, 1.807) is 6.33 Å². The number of H-pyrrole nitrogens is 1. The molecule has 1 N–H and O–H groups in total. The molecule has 2 aromatic heterocycles. The molecule has 2 saturated heterocycles. The summed E-state index contributed by atoms with van der Waals surface area (Å²) < 4.78 is 0. The van der Waals surface area contributed by atoms with Crippen LogP contribution in [0.15, 0.2) is 30.2 Å². The summed E-state index contributed by atoms with van der Waals surface area (Å²) in [4.78, 5) is 29.1. The fourth-order valence-electron chi connectivity index (χ4n) is 4.36. The number of carbonyl (C=O) groups excluding carboxylic acids is 1. The molecule has 124 valence electrons. The second-order valence-electron chi connectivity index (χ2n) is 7.05. The average molecular weight is 323 g/mol. The fraction of sp³-hybridized carbons (Fsp3) is 0.500. The molecule has 4 heterocycles. The van der Waals surface area contributed by atoms with Gasteiger partial charge >= 0.3 is 0 Å². The minimum Gasteiger partial charge on any atom is -0.351 e. The van der Waals surface area contributed by atoms with Crippen molar-refractivity contribution < 1.29 is 4.79 Å². The number of hydrogen-bond donors (Lipinski definition) is 1. The van der Waals surface area contributed by atoms with Gasteiger partial charge in [0.25, 0.3) is 0 Å². The van der Waals surface area contributed by atoms with Crippen LogP contribution in [-0.4, -0.2) is 51.4 Å². The van der Waals surface area contributed by atoms with Crippen LogP contribution in [0.3, 0.4) is 0 Å². The zero-order valence-electron chi connectivity index (χ0n) is 13.6. The van der Waals surface area contributed by atoms with E-state index >= 15 is 0 Å². The molecule has 2 aromatic rings. The third-order valence-corrected chi connectivity index (χ3v) is 5.83. The molecule has 0 spiro atoms. The highest BCUT2D eigenvalue weighted by molar-refractivity contribution is 5.95. The van der Waals surface area contributed by atoms with Gasteiger partial charge in [0.15, 0.2) is 0 Å². The van der Waals surface area contributed by atoms with E-state index in [1.165, 1.54) is 6.42 Å². The molecular weight excluding hydrogens is 302 g/mol. The molecule has 0 saturated carbocycles. The molecular formula is C18H21N5O. The summed E-state index contributed by atoms with van der Waals surface area (Å²) in [6.45, 7) is 2.72. The maximum Gasteiger partial charge on any atom is 0.249 e. The van der Waals surface area contributed by atoms with Crippen LogP contribution >= 0.6 is 0 Å². The normalized spacial score (nSPS) is 26.2. The summed E-state index contributed by atoms with van der Waals surface area (Å²) in [5, 5.41) is 1.07. The summed E-state index contributed by atoms with van der Waals surface area (Å²) in [5.74, 6) is 1.92. The number of aromatic nitrogens is 3. The lowest BCUT2D eigenvalue weighted by atomic mass is 9.90. The molecule has 1 amide bonds. The fourth-order valence-corrected chi connectivity index (χ4v) is 4.36. The van der Waals surface area contributed by atoms with Gasteiger partial charge in [-0.2, -0.15) is 0 Å². The van der Waals surface area contributed by atoms with Crippen molar-refractivity contribution in [2.24, 2.45) is 5.92 Å². The Bertz CT molecular complexity index is 826. The Balaban J connectivity index is 1.44.